The van der Waals surface area contributed by atoms with E-state index in [4.69, 9.17) is 19.6 Å². The molecule has 2 aromatic heterocycles. The molecule has 0 aliphatic carbocycles. The Labute approximate surface area is 227 Å². The fraction of sp³-hybridized carbons (Fsp3) is 0.0769. The number of nitro groups is 1. The summed E-state index contributed by atoms with van der Waals surface area (Å²) < 4.78 is 17.9. The monoisotopic (exact) mass is 591 g/mol. The minimum Gasteiger partial charge on any atom is -0.496 e. The Bertz CT molecular complexity index is 1860. The van der Waals surface area contributed by atoms with E-state index >= 15 is 0 Å². The molecule has 0 radical (unpaired) electrons. The molecule has 196 valence electrons. The number of fused-ring (bicyclic) bond motifs is 2. The number of amides is 1. The molecule has 0 aliphatic heterocycles. The van der Waals surface area contributed by atoms with Crippen LogP contribution in [0.15, 0.2) is 79.4 Å². The quantitative estimate of drug-likeness (QED) is 0.159. The number of halogens is 1. The standard InChI is InChI=1S/C26H18BrN5O7/c1-37-20-7-4-8-21-16(20)11-22(39-21)25-30-18-6-3-2-5-15(18)26(34)31(25)29-12-14-9-17(27)24(38-13-23(28)33)19(10-14)32(35)36/h2-12H,13H2,1H3,(H2,28,33). The minimum absolute atomic E-state index is 0.114. The molecule has 2 N–H and O–H groups in total. The third kappa shape index (κ3) is 4.94. The van der Waals surface area contributed by atoms with Gasteiger partial charge in [-0.1, -0.05) is 18.2 Å². The van der Waals surface area contributed by atoms with Gasteiger partial charge in [0, 0.05) is 11.6 Å². The molecule has 0 fully saturated rings. The summed E-state index contributed by atoms with van der Waals surface area (Å²) in [6.07, 6.45) is 1.26. The number of para-hydroxylation sites is 1. The highest BCUT2D eigenvalue weighted by molar-refractivity contribution is 9.10. The van der Waals surface area contributed by atoms with Crippen LogP contribution < -0.4 is 20.8 Å². The molecule has 0 saturated carbocycles. The lowest BCUT2D eigenvalue weighted by Gasteiger charge is -2.09. The van der Waals surface area contributed by atoms with E-state index in [2.05, 4.69) is 26.0 Å². The van der Waals surface area contributed by atoms with Gasteiger partial charge in [-0.3, -0.25) is 19.7 Å². The third-order valence-corrected chi connectivity index (χ3v) is 6.23. The number of rotatable bonds is 8. The lowest BCUT2D eigenvalue weighted by atomic mass is 10.2. The van der Waals surface area contributed by atoms with E-state index in [1.54, 1.807) is 48.5 Å². The Morgan fingerprint density at radius 3 is 2.74 bits per heavy atom. The molecule has 1 amide bonds. The van der Waals surface area contributed by atoms with E-state index in [1.807, 2.05) is 0 Å². The van der Waals surface area contributed by atoms with Gasteiger partial charge in [0.05, 0.1) is 39.0 Å². The average molecular weight is 592 g/mol. The largest absolute Gasteiger partial charge is 0.496 e. The molecule has 12 nitrogen and oxygen atoms in total. The van der Waals surface area contributed by atoms with Crippen molar-refractivity contribution < 1.29 is 23.6 Å². The molecule has 39 heavy (non-hydrogen) atoms. The van der Waals surface area contributed by atoms with Gasteiger partial charge in [0.2, 0.25) is 11.6 Å². The highest BCUT2D eigenvalue weighted by atomic mass is 79.9. The first-order valence-corrected chi connectivity index (χ1v) is 12.1. The number of nitrogens with two attached hydrogens (primary N) is 1. The molecule has 0 atom stereocenters. The first-order chi connectivity index (χ1) is 18.8. The van der Waals surface area contributed by atoms with Gasteiger partial charge >= 0.3 is 5.69 Å². The molecule has 0 bridgehead atoms. The summed E-state index contributed by atoms with van der Waals surface area (Å²) in [6, 6.07) is 16.5. The summed E-state index contributed by atoms with van der Waals surface area (Å²) in [5.41, 5.74) is 5.40. The van der Waals surface area contributed by atoms with Crippen molar-refractivity contribution in [3.63, 3.8) is 0 Å². The number of primary amides is 1. The number of ether oxygens (including phenoxy) is 2. The summed E-state index contributed by atoms with van der Waals surface area (Å²) in [6.45, 7) is -0.545. The average Bonchev–Trinajstić information content (AvgIpc) is 3.36. The second-order valence-corrected chi connectivity index (χ2v) is 9.01. The van der Waals surface area contributed by atoms with Crippen LogP contribution >= 0.6 is 15.9 Å². The van der Waals surface area contributed by atoms with Crippen molar-refractivity contribution in [2.75, 3.05) is 13.7 Å². The Kier molecular flexibility index (Phi) is 6.81. The maximum absolute atomic E-state index is 13.5. The SMILES string of the molecule is COc1cccc2oc(-c3nc4ccccc4c(=O)n3N=Cc3cc(Br)c(OCC(N)=O)c([N+](=O)[O-])c3)cc12. The molecular formula is C26H18BrN5O7. The van der Waals surface area contributed by atoms with Crippen molar-refractivity contribution in [3.8, 4) is 23.1 Å². The van der Waals surface area contributed by atoms with E-state index < -0.39 is 28.7 Å². The van der Waals surface area contributed by atoms with Crippen LogP contribution in [-0.2, 0) is 4.79 Å². The predicted molar refractivity (Wildman–Crippen MR) is 146 cm³/mol. The molecule has 5 rings (SSSR count). The van der Waals surface area contributed by atoms with E-state index in [0.717, 1.165) is 4.68 Å². The Morgan fingerprint density at radius 2 is 2.00 bits per heavy atom. The van der Waals surface area contributed by atoms with E-state index in [9.17, 15) is 19.7 Å². The normalized spacial score (nSPS) is 11.3. The number of nitrogens with zero attached hydrogens (tertiary/aromatic N) is 4. The zero-order chi connectivity index (χ0) is 27.7. The van der Waals surface area contributed by atoms with Crippen molar-refractivity contribution in [2.45, 2.75) is 0 Å². The van der Waals surface area contributed by atoms with E-state index in [-0.39, 0.29) is 27.4 Å². The van der Waals surface area contributed by atoms with Crippen molar-refractivity contribution in [1.29, 1.82) is 0 Å². The molecule has 0 aliphatic rings. The smallest absolute Gasteiger partial charge is 0.312 e. The lowest BCUT2D eigenvalue weighted by molar-refractivity contribution is -0.385. The van der Waals surface area contributed by atoms with Gasteiger partial charge in [0.1, 0.15) is 11.3 Å². The van der Waals surface area contributed by atoms with Crippen molar-refractivity contribution >= 4 is 55.6 Å². The van der Waals surface area contributed by atoms with Crippen molar-refractivity contribution in [1.82, 2.24) is 9.66 Å². The summed E-state index contributed by atoms with van der Waals surface area (Å²) in [4.78, 5) is 40.2. The van der Waals surface area contributed by atoms with Gasteiger partial charge in [-0.15, -0.1) is 0 Å². The molecular weight excluding hydrogens is 574 g/mol. The number of nitro benzene ring substituents is 1. The number of carbonyl (C=O) groups excluding carboxylic acids is 1. The first-order valence-electron chi connectivity index (χ1n) is 11.3. The Balaban J connectivity index is 1.66. The maximum atomic E-state index is 13.5. The van der Waals surface area contributed by atoms with Gasteiger partial charge in [0.15, 0.2) is 12.4 Å². The number of aromatic nitrogens is 2. The van der Waals surface area contributed by atoms with Gasteiger partial charge in [-0.2, -0.15) is 9.78 Å². The summed E-state index contributed by atoms with van der Waals surface area (Å²) in [7, 11) is 1.54. The van der Waals surface area contributed by atoms with Crippen molar-refractivity contribution in [2.24, 2.45) is 10.8 Å². The molecule has 0 spiro atoms. The summed E-state index contributed by atoms with van der Waals surface area (Å²) >= 11 is 3.22. The fourth-order valence-corrected chi connectivity index (χ4v) is 4.51. The van der Waals surface area contributed by atoms with Crippen LogP contribution in [0.2, 0.25) is 0 Å². The minimum atomic E-state index is -0.791. The Morgan fingerprint density at radius 1 is 1.21 bits per heavy atom. The maximum Gasteiger partial charge on any atom is 0.312 e. The second-order valence-electron chi connectivity index (χ2n) is 8.16. The van der Waals surface area contributed by atoms with E-state index in [1.165, 1.54) is 25.5 Å². The van der Waals surface area contributed by atoms with Crippen LogP contribution in [-0.4, -0.2) is 40.4 Å². The summed E-state index contributed by atoms with van der Waals surface area (Å²) in [5, 5.41) is 17.0. The molecule has 13 heteroatoms. The van der Waals surface area contributed by atoms with Crippen LogP contribution in [0, 0.1) is 10.1 Å². The number of furan rings is 1. The van der Waals surface area contributed by atoms with Crippen LogP contribution in [0.5, 0.6) is 11.5 Å². The van der Waals surface area contributed by atoms with Crippen molar-refractivity contribution in [3.05, 3.63) is 91.2 Å². The summed E-state index contributed by atoms with van der Waals surface area (Å²) in [5.74, 6) is -0.00492. The third-order valence-electron chi connectivity index (χ3n) is 5.64. The number of benzene rings is 3. The molecule has 0 unspecified atom stereocenters. The van der Waals surface area contributed by atoms with Crippen LogP contribution in [0.1, 0.15) is 5.56 Å². The molecule has 2 heterocycles. The number of hydrogen-bond acceptors (Lipinski definition) is 9. The van der Waals surface area contributed by atoms with Crippen LogP contribution in [0.25, 0.3) is 33.5 Å². The van der Waals surface area contributed by atoms with Crippen LogP contribution in [0.4, 0.5) is 5.69 Å². The topological polar surface area (TPSA) is 165 Å². The first kappa shape index (κ1) is 25.6. The number of hydrogen-bond donors (Lipinski definition) is 1. The number of methoxy groups -OCH3 is 1. The second kappa shape index (κ2) is 10.4. The zero-order valence-electron chi connectivity index (χ0n) is 20.2. The molecule has 0 saturated heterocycles. The van der Waals surface area contributed by atoms with Gasteiger partial charge in [-0.25, -0.2) is 4.98 Å². The van der Waals surface area contributed by atoms with Crippen LogP contribution in [0.3, 0.4) is 0 Å². The molecule has 5 aromatic rings. The van der Waals surface area contributed by atoms with E-state index in [0.29, 0.717) is 27.6 Å². The van der Waals surface area contributed by atoms with Gasteiger partial charge in [-0.05, 0) is 52.3 Å². The fourth-order valence-electron chi connectivity index (χ4n) is 3.93. The highest BCUT2D eigenvalue weighted by Crippen LogP contribution is 2.36. The number of carbonyl (C=O) groups is 1. The van der Waals surface area contributed by atoms with Gasteiger partial charge < -0.3 is 19.6 Å². The molecule has 3 aromatic carbocycles. The predicted octanol–water partition coefficient (Wildman–Crippen LogP) is 4.24. The highest BCUT2D eigenvalue weighted by Gasteiger charge is 2.22. The zero-order valence-corrected chi connectivity index (χ0v) is 21.7. The lowest BCUT2D eigenvalue weighted by Crippen LogP contribution is -2.20. The Hall–Kier alpha value is -5.04. The van der Waals surface area contributed by atoms with Gasteiger partial charge in [0.25, 0.3) is 11.5 Å².